The number of sulfonamides is 1. The highest BCUT2D eigenvalue weighted by Crippen LogP contribution is 2.38. The zero-order valence-corrected chi connectivity index (χ0v) is 16.0. The second-order valence-electron chi connectivity index (χ2n) is 6.92. The number of aromatic nitrogens is 4. The second-order valence-corrected chi connectivity index (χ2v) is 8.57. The number of hydrogen-bond acceptors (Lipinski definition) is 5. The standard InChI is InChI=1S/C17H15FN6O4S/c1-19-17(3-4-17)22-29(27,28)14-5-11-13(6-12(14)18)21-16(26)24(15(11)25)9-10-7-20-23(2)8-10/h5-8,22H,3-4,9H2,2H3,(H,21,26). The Balaban J connectivity index is 1.85. The zero-order chi connectivity index (χ0) is 21.0. The van der Waals surface area contributed by atoms with Crippen LogP contribution in [0.1, 0.15) is 18.4 Å². The van der Waals surface area contributed by atoms with Gasteiger partial charge in [-0.2, -0.15) is 5.10 Å². The third-order valence-electron chi connectivity index (χ3n) is 4.68. The molecule has 2 aromatic heterocycles. The van der Waals surface area contributed by atoms with E-state index in [1.54, 1.807) is 13.2 Å². The summed E-state index contributed by atoms with van der Waals surface area (Å²) in [5.74, 6) is -1.13. The van der Waals surface area contributed by atoms with E-state index in [4.69, 9.17) is 6.57 Å². The van der Waals surface area contributed by atoms with Crippen molar-refractivity contribution in [2.45, 2.75) is 29.9 Å². The van der Waals surface area contributed by atoms with Gasteiger partial charge < -0.3 is 4.98 Å². The molecule has 0 unspecified atom stereocenters. The van der Waals surface area contributed by atoms with Gasteiger partial charge in [-0.25, -0.2) is 24.2 Å². The molecule has 150 valence electrons. The largest absolute Gasteiger partial charge is 0.329 e. The lowest BCUT2D eigenvalue weighted by Crippen LogP contribution is -2.36. The van der Waals surface area contributed by atoms with Crippen LogP contribution in [0.15, 0.2) is 39.0 Å². The van der Waals surface area contributed by atoms with Crippen LogP contribution >= 0.6 is 0 Å². The lowest BCUT2D eigenvalue weighted by Gasteiger charge is -2.10. The molecule has 3 aromatic rings. The Kier molecular flexibility index (Phi) is 4.18. The maximum absolute atomic E-state index is 14.5. The Morgan fingerprint density at radius 3 is 2.69 bits per heavy atom. The van der Waals surface area contributed by atoms with Crippen LogP contribution in [0.5, 0.6) is 0 Å². The fourth-order valence-corrected chi connectivity index (χ4v) is 4.45. The van der Waals surface area contributed by atoms with Crippen LogP contribution in [0, 0.1) is 12.4 Å². The molecule has 0 radical (unpaired) electrons. The molecule has 0 amide bonds. The Bertz CT molecular complexity index is 1410. The molecule has 29 heavy (non-hydrogen) atoms. The third kappa shape index (κ3) is 3.34. The fourth-order valence-electron chi connectivity index (χ4n) is 3.00. The van der Waals surface area contributed by atoms with Crippen molar-refractivity contribution in [3.05, 3.63) is 68.2 Å². The van der Waals surface area contributed by atoms with Crippen LogP contribution in [0.2, 0.25) is 0 Å². The van der Waals surface area contributed by atoms with E-state index in [2.05, 4.69) is 19.6 Å². The van der Waals surface area contributed by atoms with Crippen LogP contribution in [-0.4, -0.2) is 33.4 Å². The Labute approximate surface area is 163 Å². The maximum atomic E-state index is 14.5. The van der Waals surface area contributed by atoms with E-state index in [0.29, 0.717) is 18.4 Å². The average Bonchev–Trinajstić information content (AvgIpc) is 3.29. The molecular formula is C17H15FN6O4S. The lowest BCUT2D eigenvalue weighted by atomic mass is 10.2. The molecule has 1 saturated carbocycles. The van der Waals surface area contributed by atoms with Crippen LogP contribution in [-0.2, 0) is 23.6 Å². The number of aromatic amines is 1. The summed E-state index contributed by atoms with van der Waals surface area (Å²) in [6.07, 6.45) is 3.77. The molecule has 0 saturated heterocycles. The first-order valence-electron chi connectivity index (χ1n) is 8.51. The van der Waals surface area contributed by atoms with E-state index in [0.717, 1.165) is 16.7 Å². The van der Waals surface area contributed by atoms with Gasteiger partial charge in [-0.1, -0.05) is 0 Å². The van der Waals surface area contributed by atoms with E-state index in [1.165, 1.54) is 10.9 Å². The summed E-state index contributed by atoms with van der Waals surface area (Å²) in [6.45, 7) is 7.01. The summed E-state index contributed by atoms with van der Waals surface area (Å²) < 4.78 is 44.2. The number of hydrogen-bond donors (Lipinski definition) is 2. The average molecular weight is 418 g/mol. The summed E-state index contributed by atoms with van der Waals surface area (Å²) in [5, 5.41) is 3.80. The molecule has 2 N–H and O–H groups in total. The van der Waals surface area contributed by atoms with Gasteiger partial charge in [0.25, 0.3) is 11.2 Å². The molecule has 1 aliphatic rings. The van der Waals surface area contributed by atoms with E-state index < -0.39 is 37.6 Å². The van der Waals surface area contributed by atoms with Crippen molar-refractivity contribution in [1.82, 2.24) is 24.1 Å². The fraction of sp³-hybridized carbons (Fsp3) is 0.294. The smallest absolute Gasteiger partial charge is 0.307 e. The molecule has 1 fully saturated rings. The summed E-state index contributed by atoms with van der Waals surface area (Å²) in [5.41, 5.74) is -2.32. The number of aryl methyl sites for hydroxylation is 1. The minimum atomic E-state index is -4.38. The van der Waals surface area contributed by atoms with Crippen molar-refractivity contribution in [2.75, 3.05) is 0 Å². The number of halogens is 1. The van der Waals surface area contributed by atoms with Gasteiger partial charge in [-0.3, -0.25) is 18.9 Å². The monoisotopic (exact) mass is 418 g/mol. The molecular weight excluding hydrogens is 403 g/mol. The molecule has 0 bridgehead atoms. The van der Waals surface area contributed by atoms with Crippen molar-refractivity contribution in [1.29, 1.82) is 0 Å². The molecule has 2 heterocycles. The highest BCUT2D eigenvalue weighted by atomic mass is 32.2. The summed E-state index contributed by atoms with van der Waals surface area (Å²) in [6, 6.07) is 1.67. The first-order chi connectivity index (χ1) is 13.6. The van der Waals surface area contributed by atoms with Crippen LogP contribution in [0.25, 0.3) is 15.7 Å². The van der Waals surface area contributed by atoms with Gasteiger partial charge in [-0.15, -0.1) is 4.72 Å². The van der Waals surface area contributed by atoms with Crippen molar-refractivity contribution in [3.63, 3.8) is 0 Å². The molecule has 0 spiro atoms. The first-order valence-corrected chi connectivity index (χ1v) is 9.99. The topological polar surface area (TPSA) is 123 Å². The SMILES string of the molecule is [C-]#[N+]C1(NS(=O)(=O)c2cc3c(=O)n(Cc4cnn(C)c4)c(=O)[nH]c3cc2F)CC1. The predicted molar refractivity (Wildman–Crippen MR) is 100.0 cm³/mol. The van der Waals surface area contributed by atoms with Gasteiger partial charge in [-0.05, 0) is 12.1 Å². The minimum absolute atomic E-state index is 0.0868. The number of nitrogens with zero attached hydrogens (tertiary/aromatic N) is 4. The van der Waals surface area contributed by atoms with Gasteiger partial charge in [0.2, 0.25) is 10.0 Å². The Morgan fingerprint density at radius 1 is 1.38 bits per heavy atom. The van der Waals surface area contributed by atoms with Gasteiger partial charge >= 0.3 is 5.69 Å². The summed E-state index contributed by atoms with van der Waals surface area (Å²) >= 11 is 0. The minimum Gasteiger partial charge on any atom is -0.307 e. The van der Waals surface area contributed by atoms with Crippen molar-refractivity contribution >= 4 is 20.9 Å². The molecule has 10 nitrogen and oxygen atoms in total. The zero-order valence-electron chi connectivity index (χ0n) is 15.1. The predicted octanol–water partition coefficient (Wildman–Crippen LogP) is 0.298. The van der Waals surface area contributed by atoms with Crippen molar-refractivity contribution in [2.24, 2.45) is 7.05 Å². The van der Waals surface area contributed by atoms with Gasteiger partial charge in [0.1, 0.15) is 10.7 Å². The normalized spacial score (nSPS) is 15.3. The number of fused-ring (bicyclic) bond motifs is 1. The third-order valence-corrected chi connectivity index (χ3v) is 6.23. The van der Waals surface area contributed by atoms with E-state index in [1.807, 2.05) is 0 Å². The van der Waals surface area contributed by atoms with E-state index >= 15 is 0 Å². The van der Waals surface area contributed by atoms with Crippen molar-refractivity contribution in [3.8, 4) is 0 Å². The van der Waals surface area contributed by atoms with Crippen LogP contribution in [0.4, 0.5) is 4.39 Å². The highest BCUT2D eigenvalue weighted by molar-refractivity contribution is 7.89. The van der Waals surface area contributed by atoms with Gasteiger partial charge in [0.15, 0.2) is 0 Å². The first kappa shape index (κ1) is 19.0. The van der Waals surface area contributed by atoms with E-state index in [-0.39, 0.29) is 17.4 Å². The molecule has 4 rings (SSSR count). The molecule has 0 aliphatic heterocycles. The van der Waals surface area contributed by atoms with E-state index in [9.17, 15) is 22.4 Å². The summed E-state index contributed by atoms with van der Waals surface area (Å²) in [7, 11) is -2.70. The molecule has 1 aromatic carbocycles. The van der Waals surface area contributed by atoms with Gasteiger partial charge in [0, 0.05) is 18.8 Å². The maximum Gasteiger partial charge on any atom is 0.329 e. The van der Waals surface area contributed by atoms with Crippen LogP contribution in [0.3, 0.4) is 0 Å². The highest BCUT2D eigenvalue weighted by Gasteiger charge is 2.54. The molecule has 0 atom stereocenters. The number of rotatable bonds is 5. The number of H-pyrrole nitrogens is 1. The van der Waals surface area contributed by atoms with Gasteiger partial charge in [0.05, 0.1) is 36.5 Å². The lowest BCUT2D eigenvalue weighted by molar-refractivity contribution is 0.548. The summed E-state index contributed by atoms with van der Waals surface area (Å²) in [4.78, 5) is 30.0. The quantitative estimate of drug-likeness (QED) is 0.577. The second kappa shape index (κ2) is 6.36. The molecule has 1 aliphatic carbocycles. The number of benzene rings is 1. The van der Waals surface area contributed by atoms with Crippen LogP contribution < -0.4 is 16.0 Å². The number of nitrogens with one attached hydrogen (secondary N) is 2. The van der Waals surface area contributed by atoms with Crippen molar-refractivity contribution < 1.29 is 12.8 Å². The Morgan fingerprint density at radius 2 is 2.10 bits per heavy atom. The Hall–Kier alpha value is -3.30. The molecule has 12 heteroatoms.